The Kier molecular flexibility index (Phi) is 2.71. The first-order valence-electron chi connectivity index (χ1n) is 5.40. The molecule has 0 amide bonds. The van der Waals surface area contributed by atoms with Crippen molar-refractivity contribution in [2.24, 2.45) is 0 Å². The van der Waals surface area contributed by atoms with Crippen LogP contribution in [0.5, 0.6) is 0 Å². The minimum atomic E-state index is -1.70. The average molecular weight is 225 g/mol. The molecule has 0 saturated carbocycles. The van der Waals surface area contributed by atoms with Crippen LogP contribution in [0.25, 0.3) is 0 Å². The molecule has 14 heavy (non-hydrogen) atoms. The maximum Gasteiger partial charge on any atom is 0.192 e. The molecule has 1 fully saturated rings. The molecule has 0 radical (unpaired) electrons. The third kappa shape index (κ3) is 1.43. The van der Waals surface area contributed by atoms with E-state index < -0.39 is 7.38 Å². The average Bonchev–Trinajstić information content (AvgIpc) is 2.49. The van der Waals surface area contributed by atoms with Gasteiger partial charge < -0.3 is 0 Å². The van der Waals surface area contributed by atoms with Crippen molar-refractivity contribution in [1.29, 1.82) is 0 Å². The molecule has 1 saturated heterocycles. The highest BCUT2D eigenvalue weighted by Crippen LogP contribution is 2.48. The highest BCUT2D eigenvalue weighted by atomic mass is 35.6. The van der Waals surface area contributed by atoms with Crippen LogP contribution in [0.3, 0.4) is 0 Å². The van der Waals surface area contributed by atoms with Crippen LogP contribution in [-0.2, 0) is 0 Å². The molecule has 0 aliphatic carbocycles. The number of halogens is 1. The molecule has 2 atom stereocenters. The van der Waals surface area contributed by atoms with Gasteiger partial charge in [0.15, 0.2) is 7.38 Å². The van der Waals surface area contributed by atoms with E-state index in [0.29, 0.717) is 0 Å². The molecule has 1 aliphatic rings. The van der Waals surface area contributed by atoms with Gasteiger partial charge in [-0.3, -0.25) is 0 Å². The topological polar surface area (TPSA) is 0 Å². The van der Waals surface area contributed by atoms with Gasteiger partial charge in [-0.05, 0) is 16.3 Å². The molecule has 0 nitrogen and oxygen atoms in total. The second-order valence-electron chi connectivity index (χ2n) is 4.51. The van der Waals surface area contributed by atoms with Gasteiger partial charge in [0, 0.05) is 0 Å². The second kappa shape index (κ2) is 3.71. The van der Waals surface area contributed by atoms with E-state index in [1.165, 1.54) is 18.0 Å². The van der Waals surface area contributed by atoms with Gasteiger partial charge in [0.1, 0.15) is 0 Å². The molecular weight excluding hydrogens is 208 g/mol. The summed E-state index contributed by atoms with van der Waals surface area (Å²) in [6.07, 6.45) is 2.62. The Hall–Kier alpha value is -0.273. The maximum atomic E-state index is 6.94. The molecule has 0 spiro atoms. The van der Waals surface area contributed by atoms with Crippen molar-refractivity contribution >= 4 is 23.6 Å². The van der Waals surface area contributed by atoms with Crippen molar-refractivity contribution in [2.75, 3.05) is 0 Å². The summed E-state index contributed by atoms with van der Waals surface area (Å²) in [6.45, 7) is 4.66. The molecule has 0 aromatic heterocycles. The monoisotopic (exact) mass is 224 g/mol. The van der Waals surface area contributed by atoms with E-state index in [1.807, 2.05) is 0 Å². The fourth-order valence-corrected chi connectivity index (χ4v) is 7.69. The Balaban J connectivity index is 2.40. The van der Waals surface area contributed by atoms with Crippen LogP contribution in [-0.4, -0.2) is 7.38 Å². The summed E-state index contributed by atoms with van der Waals surface area (Å²) < 4.78 is 0. The van der Waals surface area contributed by atoms with Crippen molar-refractivity contribution in [1.82, 2.24) is 0 Å². The van der Waals surface area contributed by atoms with Crippen molar-refractivity contribution < 1.29 is 0 Å². The van der Waals surface area contributed by atoms with E-state index in [0.717, 1.165) is 11.1 Å². The Morgan fingerprint density at radius 2 is 1.57 bits per heavy atom. The fourth-order valence-electron chi connectivity index (χ4n) is 2.67. The Bertz CT molecular complexity index is 299. The molecule has 0 N–H and O–H groups in total. The quantitative estimate of drug-likeness (QED) is 0.505. The fraction of sp³-hybridized carbons (Fsp3) is 0.500. The minimum Gasteiger partial charge on any atom is -0.160 e. The van der Waals surface area contributed by atoms with Crippen LogP contribution < -0.4 is 5.19 Å². The molecular formula is C12H17ClSi. The van der Waals surface area contributed by atoms with E-state index in [2.05, 4.69) is 44.2 Å². The zero-order chi connectivity index (χ0) is 10.2. The van der Waals surface area contributed by atoms with Gasteiger partial charge in [0.25, 0.3) is 0 Å². The van der Waals surface area contributed by atoms with Crippen molar-refractivity contribution in [3.05, 3.63) is 30.3 Å². The largest absolute Gasteiger partial charge is 0.192 e. The lowest BCUT2D eigenvalue weighted by atomic mass is 10.2. The van der Waals surface area contributed by atoms with Gasteiger partial charge in [-0.2, -0.15) is 11.1 Å². The van der Waals surface area contributed by atoms with E-state index in [-0.39, 0.29) is 0 Å². The molecule has 76 valence electrons. The summed E-state index contributed by atoms with van der Waals surface area (Å²) in [6, 6.07) is 10.7. The summed E-state index contributed by atoms with van der Waals surface area (Å²) in [4.78, 5) is 0. The van der Waals surface area contributed by atoms with E-state index in [9.17, 15) is 0 Å². The lowest BCUT2D eigenvalue weighted by Gasteiger charge is -2.28. The van der Waals surface area contributed by atoms with Crippen molar-refractivity contribution in [3.8, 4) is 0 Å². The Morgan fingerprint density at radius 3 is 2.07 bits per heavy atom. The third-order valence-electron chi connectivity index (χ3n) is 3.68. The van der Waals surface area contributed by atoms with Crippen LogP contribution in [0, 0.1) is 0 Å². The van der Waals surface area contributed by atoms with E-state index in [1.54, 1.807) is 0 Å². The first-order valence-corrected chi connectivity index (χ1v) is 8.56. The van der Waals surface area contributed by atoms with Crippen LogP contribution in [0.2, 0.25) is 11.1 Å². The zero-order valence-electron chi connectivity index (χ0n) is 8.83. The highest BCUT2D eigenvalue weighted by molar-refractivity contribution is 7.29. The lowest BCUT2D eigenvalue weighted by molar-refractivity contribution is 0.765. The molecule has 2 heteroatoms. The summed E-state index contributed by atoms with van der Waals surface area (Å²) in [5.41, 5.74) is 1.45. The maximum absolute atomic E-state index is 6.94. The Morgan fingerprint density at radius 1 is 1.07 bits per heavy atom. The van der Waals surface area contributed by atoms with Crippen LogP contribution in [0.15, 0.2) is 30.3 Å². The number of hydrogen-bond donors (Lipinski definition) is 0. The Labute approximate surface area is 92.0 Å². The zero-order valence-corrected chi connectivity index (χ0v) is 10.6. The third-order valence-corrected chi connectivity index (χ3v) is 11.2. The standard InChI is InChI=1S/C12H17ClSi/c1-10-8-9-11(2)14(10,13)12-6-4-3-5-7-12/h3-7,10-11H,8-9H2,1-2H3/t10-,11-/m0/s1. The SMILES string of the molecule is C[C@H]1CC[C@H](C)[Si]1(Cl)c1ccccc1. The summed E-state index contributed by atoms with van der Waals surface area (Å²) in [7, 11) is -1.70. The van der Waals surface area contributed by atoms with Crippen LogP contribution >= 0.6 is 11.1 Å². The highest BCUT2D eigenvalue weighted by Gasteiger charge is 2.48. The number of hydrogen-bond acceptors (Lipinski definition) is 0. The summed E-state index contributed by atoms with van der Waals surface area (Å²) >= 11 is 6.94. The van der Waals surface area contributed by atoms with Crippen molar-refractivity contribution in [2.45, 2.75) is 37.8 Å². The van der Waals surface area contributed by atoms with Gasteiger partial charge >= 0.3 is 0 Å². The smallest absolute Gasteiger partial charge is 0.160 e. The van der Waals surface area contributed by atoms with Crippen molar-refractivity contribution in [3.63, 3.8) is 0 Å². The van der Waals surface area contributed by atoms with Gasteiger partial charge in [-0.15, -0.1) is 0 Å². The van der Waals surface area contributed by atoms with Gasteiger partial charge in [-0.25, -0.2) is 0 Å². The van der Waals surface area contributed by atoms with Gasteiger partial charge in [0.05, 0.1) is 0 Å². The number of benzene rings is 1. The molecule has 1 heterocycles. The second-order valence-corrected chi connectivity index (χ2v) is 10.5. The van der Waals surface area contributed by atoms with Gasteiger partial charge in [0.2, 0.25) is 0 Å². The predicted octanol–water partition coefficient (Wildman–Crippen LogP) is 3.65. The van der Waals surface area contributed by atoms with Gasteiger partial charge in [-0.1, -0.05) is 57.0 Å². The lowest BCUT2D eigenvalue weighted by Crippen LogP contribution is -2.45. The molecule has 1 aromatic carbocycles. The van der Waals surface area contributed by atoms with E-state index >= 15 is 0 Å². The summed E-state index contributed by atoms with van der Waals surface area (Å²) in [5.74, 6) is 0. The van der Waals surface area contributed by atoms with Crippen LogP contribution in [0.1, 0.15) is 26.7 Å². The molecule has 0 bridgehead atoms. The molecule has 1 aromatic rings. The number of rotatable bonds is 1. The summed E-state index contributed by atoms with van der Waals surface area (Å²) in [5, 5.41) is 1.43. The minimum absolute atomic E-state index is 0.724. The molecule has 0 unspecified atom stereocenters. The predicted molar refractivity (Wildman–Crippen MR) is 65.8 cm³/mol. The normalized spacial score (nSPS) is 30.5. The van der Waals surface area contributed by atoms with Crippen LogP contribution in [0.4, 0.5) is 0 Å². The first-order chi connectivity index (χ1) is 6.65. The molecule has 2 rings (SSSR count). The van der Waals surface area contributed by atoms with E-state index in [4.69, 9.17) is 11.1 Å². The molecule has 1 aliphatic heterocycles. The first kappa shape index (κ1) is 10.3.